The molecule has 1 atom stereocenters. The number of nitrogens with one attached hydrogen (secondary N) is 1. The molecule has 3 nitrogen and oxygen atoms in total. The molecule has 1 amide bonds. The quantitative estimate of drug-likeness (QED) is 0.851. The Hall–Kier alpha value is -1.84. The van der Waals surface area contributed by atoms with E-state index >= 15 is 0 Å². The number of amides is 1. The van der Waals surface area contributed by atoms with Crippen LogP contribution in [0.3, 0.4) is 0 Å². The molecule has 22 heavy (non-hydrogen) atoms. The molecule has 1 unspecified atom stereocenters. The van der Waals surface area contributed by atoms with E-state index in [9.17, 15) is 9.59 Å². The van der Waals surface area contributed by atoms with Crippen molar-refractivity contribution in [3.05, 3.63) is 58.6 Å². The number of carbonyl (C=O) groups is 2. The van der Waals surface area contributed by atoms with Gasteiger partial charge in [0.05, 0.1) is 0 Å². The first-order chi connectivity index (χ1) is 10.4. The Bertz CT molecular complexity index is 728. The first-order valence-corrected chi connectivity index (χ1v) is 7.51. The van der Waals surface area contributed by atoms with Crippen LogP contribution in [0.1, 0.15) is 22.8 Å². The monoisotopic (exact) mass is 335 g/mol. The van der Waals surface area contributed by atoms with Crippen LogP contribution < -0.4 is 5.32 Å². The summed E-state index contributed by atoms with van der Waals surface area (Å²) in [5, 5.41) is 2.61. The largest absolute Gasteiger partial charge is 0.341 e. The van der Waals surface area contributed by atoms with Crippen molar-refractivity contribution in [3.63, 3.8) is 0 Å². The van der Waals surface area contributed by atoms with E-state index in [1.54, 1.807) is 25.1 Å². The van der Waals surface area contributed by atoms with E-state index in [0.29, 0.717) is 10.6 Å². The number of halogens is 2. The molecule has 2 aromatic carbocycles. The number of hydrogen-bond acceptors (Lipinski definition) is 2. The van der Waals surface area contributed by atoms with Crippen molar-refractivity contribution in [3.8, 4) is 11.1 Å². The topological polar surface area (TPSA) is 46.2 Å². The molecule has 0 aromatic heterocycles. The van der Waals surface area contributed by atoms with Crippen LogP contribution in [0.4, 0.5) is 0 Å². The maximum atomic E-state index is 12.3. The second-order valence-corrected chi connectivity index (χ2v) is 5.80. The Morgan fingerprint density at radius 1 is 1.14 bits per heavy atom. The molecule has 0 aliphatic rings. The van der Waals surface area contributed by atoms with Crippen LogP contribution in [0.5, 0.6) is 0 Å². The van der Waals surface area contributed by atoms with E-state index in [4.69, 9.17) is 23.2 Å². The third-order valence-corrected chi connectivity index (χ3v) is 3.96. The Balaban J connectivity index is 2.38. The lowest BCUT2D eigenvalue weighted by Crippen LogP contribution is -2.36. The average molecular weight is 336 g/mol. The molecular weight excluding hydrogens is 321 g/mol. The van der Waals surface area contributed by atoms with E-state index in [-0.39, 0.29) is 5.91 Å². The summed E-state index contributed by atoms with van der Waals surface area (Å²) in [6.45, 7) is 3.40. The number of carbonyl (C=O) groups excluding carboxylic acids is 2. The van der Waals surface area contributed by atoms with Crippen LogP contribution in [0.15, 0.2) is 42.5 Å². The Labute approximate surface area is 139 Å². The molecule has 0 aliphatic carbocycles. The fourth-order valence-corrected chi connectivity index (χ4v) is 2.43. The summed E-state index contributed by atoms with van der Waals surface area (Å²) in [4.78, 5) is 23.3. The molecular formula is C17H15Cl2NO2. The zero-order chi connectivity index (χ0) is 16.3. The number of rotatable bonds is 4. The zero-order valence-electron chi connectivity index (χ0n) is 12.2. The van der Waals surface area contributed by atoms with E-state index in [1.165, 1.54) is 0 Å². The van der Waals surface area contributed by atoms with Crippen molar-refractivity contribution < 1.29 is 9.59 Å². The van der Waals surface area contributed by atoms with Gasteiger partial charge in [-0.15, -0.1) is 0 Å². The van der Waals surface area contributed by atoms with Gasteiger partial charge in [-0.3, -0.25) is 9.59 Å². The minimum Gasteiger partial charge on any atom is -0.341 e. The molecule has 0 saturated heterocycles. The van der Waals surface area contributed by atoms with Crippen molar-refractivity contribution in [2.24, 2.45) is 0 Å². The molecule has 0 aliphatic heterocycles. The Morgan fingerprint density at radius 3 is 2.45 bits per heavy atom. The normalized spacial score (nSPS) is 11.8. The predicted molar refractivity (Wildman–Crippen MR) is 89.4 cm³/mol. The molecule has 1 N–H and O–H groups in total. The molecule has 0 fully saturated rings. The Kier molecular flexibility index (Phi) is 5.22. The van der Waals surface area contributed by atoms with Crippen molar-refractivity contribution in [1.29, 1.82) is 0 Å². The number of hydrogen-bond donors (Lipinski definition) is 1. The minimum atomic E-state index is -0.733. The molecule has 0 heterocycles. The van der Waals surface area contributed by atoms with Gasteiger partial charge in [-0.2, -0.15) is 0 Å². The highest BCUT2D eigenvalue weighted by Gasteiger charge is 2.17. The highest BCUT2D eigenvalue weighted by atomic mass is 35.5. The van der Waals surface area contributed by atoms with Gasteiger partial charge in [0.15, 0.2) is 0 Å². The first-order valence-electron chi connectivity index (χ1n) is 6.76. The fourth-order valence-electron chi connectivity index (χ4n) is 2.18. The SMILES string of the molecule is Cc1c(C(=O)NC(C)C(=O)Cl)cccc1-c1cccc(Cl)c1. The molecule has 0 bridgehead atoms. The van der Waals surface area contributed by atoms with Crippen LogP contribution in [0.25, 0.3) is 11.1 Å². The van der Waals surface area contributed by atoms with Crippen LogP contribution in [-0.4, -0.2) is 17.2 Å². The molecule has 5 heteroatoms. The van der Waals surface area contributed by atoms with E-state index in [1.807, 2.05) is 31.2 Å². The van der Waals surface area contributed by atoms with Crippen LogP contribution >= 0.6 is 23.2 Å². The molecule has 0 radical (unpaired) electrons. The van der Waals surface area contributed by atoms with E-state index in [2.05, 4.69) is 5.32 Å². The minimum absolute atomic E-state index is 0.331. The smallest absolute Gasteiger partial charge is 0.252 e. The van der Waals surface area contributed by atoms with Crippen molar-refractivity contribution in [2.45, 2.75) is 19.9 Å². The summed E-state index contributed by atoms with van der Waals surface area (Å²) in [6, 6.07) is 12.1. The van der Waals surface area contributed by atoms with Gasteiger partial charge in [0.2, 0.25) is 5.24 Å². The molecule has 0 spiro atoms. The summed E-state index contributed by atoms with van der Waals surface area (Å²) in [7, 11) is 0. The lowest BCUT2D eigenvalue weighted by Gasteiger charge is -2.14. The van der Waals surface area contributed by atoms with Crippen molar-refractivity contribution in [1.82, 2.24) is 5.32 Å². The van der Waals surface area contributed by atoms with Crippen LogP contribution in [0.2, 0.25) is 5.02 Å². The maximum Gasteiger partial charge on any atom is 0.252 e. The van der Waals surface area contributed by atoms with Crippen molar-refractivity contribution in [2.75, 3.05) is 0 Å². The van der Waals surface area contributed by atoms with Gasteiger partial charge < -0.3 is 5.32 Å². The second-order valence-electron chi connectivity index (χ2n) is 4.99. The molecule has 114 valence electrons. The summed E-state index contributed by atoms with van der Waals surface area (Å²) in [6.07, 6.45) is 0. The lowest BCUT2D eigenvalue weighted by molar-refractivity contribution is -0.113. The van der Waals surface area contributed by atoms with Gasteiger partial charge >= 0.3 is 0 Å². The Morgan fingerprint density at radius 2 is 1.82 bits per heavy atom. The second kappa shape index (κ2) is 6.95. The summed E-state index contributed by atoms with van der Waals surface area (Å²) in [5.74, 6) is -0.331. The number of benzene rings is 2. The van der Waals surface area contributed by atoms with Crippen LogP contribution in [0, 0.1) is 6.92 Å². The average Bonchev–Trinajstić information content (AvgIpc) is 2.47. The molecule has 2 aromatic rings. The van der Waals surface area contributed by atoms with Crippen LogP contribution in [-0.2, 0) is 4.79 Å². The van der Waals surface area contributed by atoms with E-state index < -0.39 is 11.3 Å². The summed E-state index contributed by atoms with van der Waals surface area (Å²) >= 11 is 11.4. The van der Waals surface area contributed by atoms with Gasteiger partial charge in [-0.1, -0.05) is 35.9 Å². The summed E-state index contributed by atoms with van der Waals surface area (Å²) in [5.41, 5.74) is 3.17. The van der Waals surface area contributed by atoms with Crippen molar-refractivity contribution >= 4 is 34.4 Å². The van der Waals surface area contributed by atoms with E-state index in [0.717, 1.165) is 16.7 Å². The third-order valence-electron chi connectivity index (χ3n) is 3.40. The summed E-state index contributed by atoms with van der Waals surface area (Å²) < 4.78 is 0. The fraction of sp³-hybridized carbons (Fsp3) is 0.176. The lowest BCUT2D eigenvalue weighted by atomic mass is 9.96. The molecule has 0 saturated carbocycles. The molecule has 2 rings (SSSR count). The van der Waals surface area contributed by atoms with Gasteiger partial charge in [-0.25, -0.2) is 0 Å². The zero-order valence-corrected chi connectivity index (χ0v) is 13.7. The highest BCUT2D eigenvalue weighted by molar-refractivity contribution is 6.64. The third kappa shape index (κ3) is 3.67. The first kappa shape index (κ1) is 16.5. The predicted octanol–water partition coefficient (Wildman–Crippen LogP) is 4.20. The standard InChI is InChI=1S/C17H15Cl2NO2/c1-10-14(12-5-3-6-13(18)9-12)7-4-8-15(10)17(22)20-11(2)16(19)21/h3-9,11H,1-2H3,(H,20,22). The van der Waals surface area contributed by atoms with Gasteiger partial charge in [-0.05, 0) is 60.3 Å². The highest BCUT2D eigenvalue weighted by Crippen LogP contribution is 2.27. The van der Waals surface area contributed by atoms with Gasteiger partial charge in [0, 0.05) is 10.6 Å². The van der Waals surface area contributed by atoms with Gasteiger partial charge in [0.25, 0.3) is 5.91 Å². The maximum absolute atomic E-state index is 12.3. The van der Waals surface area contributed by atoms with Gasteiger partial charge in [0.1, 0.15) is 6.04 Å².